The largest absolute Gasteiger partial charge is 0.497 e. The number of ether oxygens (including phenoxy) is 2. The van der Waals surface area contributed by atoms with Gasteiger partial charge >= 0.3 is 0 Å². The second kappa shape index (κ2) is 15.4. The van der Waals surface area contributed by atoms with Crippen molar-refractivity contribution in [1.82, 2.24) is 10.2 Å². The van der Waals surface area contributed by atoms with E-state index in [9.17, 15) is 18.0 Å². The minimum Gasteiger partial charge on any atom is -0.497 e. The number of rotatable bonds is 14. The fourth-order valence-corrected chi connectivity index (χ4v) is 6.10. The molecule has 0 saturated carbocycles. The number of nitrogens with one attached hydrogen (secondary N) is 1. The van der Waals surface area contributed by atoms with Crippen molar-refractivity contribution in [2.45, 2.75) is 57.6 Å². The standard InChI is InChI=1S/C36H41N3O6S/c1-6-27(3)37-36(41)28(4)38(24-29-11-10-14-33(23-29)44-5)35(40)25-39(46(42,43)34-21-15-26(2)16-22-34)30-17-19-32(20-18-30)45-31-12-8-7-9-13-31/h7-23,27-28H,6,24-25H2,1-5H3,(H,37,41). The second-order valence-electron chi connectivity index (χ2n) is 11.1. The fraction of sp³-hybridized carbons (Fsp3) is 0.278. The van der Waals surface area contributed by atoms with E-state index in [-0.39, 0.29) is 29.1 Å². The molecule has 0 aromatic heterocycles. The van der Waals surface area contributed by atoms with Gasteiger partial charge in [-0.1, -0.05) is 55.0 Å². The lowest BCUT2D eigenvalue weighted by Crippen LogP contribution is -2.52. The molecule has 46 heavy (non-hydrogen) atoms. The van der Waals surface area contributed by atoms with Gasteiger partial charge in [-0.25, -0.2) is 8.42 Å². The zero-order chi connectivity index (χ0) is 33.3. The highest BCUT2D eigenvalue weighted by Gasteiger charge is 2.33. The summed E-state index contributed by atoms with van der Waals surface area (Å²) in [5, 5.41) is 2.94. The van der Waals surface area contributed by atoms with Gasteiger partial charge in [-0.3, -0.25) is 13.9 Å². The molecular weight excluding hydrogens is 602 g/mol. The molecule has 0 radical (unpaired) electrons. The van der Waals surface area contributed by atoms with Crippen LogP contribution in [0.5, 0.6) is 17.2 Å². The van der Waals surface area contributed by atoms with Gasteiger partial charge in [0.2, 0.25) is 11.8 Å². The summed E-state index contributed by atoms with van der Waals surface area (Å²) in [5.74, 6) is 0.857. The van der Waals surface area contributed by atoms with Crippen LogP contribution in [0.4, 0.5) is 5.69 Å². The molecule has 2 atom stereocenters. The van der Waals surface area contributed by atoms with Gasteiger partial charge < -0.3 is 19.7 Å². The number of aryl methyl sites for hydroxylation is 1. The first-order valence-corrected chi connectivity index (χ1v) is 16.6. The van der Waals surface area contributed by atoms with Gasteiger partial charge in [-0.15, -0.1) is 0 Å². The monoisotopic (exact) mass is 643 g/mol. The van der Waals surface area contributed by atoms with Crippen LogP contribution in [0.25, 0.3) is 0 Å². The maximum absolute atomic E-state index is 14.2. The highest BCUT2D eigenvalue weighted by atomic mass is 32.2. The number of hydrogen-bond donors (Lipinski definition) is 1. The summed E-state index contributed by atoms with van der Waals surface area (Å²) in [7, 11) is -2.65. The van der Waals surface area contributed by atoms with Crippen LogP contribution in [0.1, 0.15) is 38.3 Å². The number of nitrogens with zero attached hydrogens (tertiary/aromatic N) is 2. The Hall–Kier alpha value is -4.83. The number of hydrogen-bond acceptors (Lipinski definition) is 6. The van der Waals surface area contributed by atoms with Gasteiger partial charge in [0.25, 0.3) is 10.0 Å². The summed E-state index contributed by atoms with van der Waals surface area (Å²) in [6.07, 6.45) is 0.717. The molecule has 0 aliphatic heterocycles. The number of carbonyl (C=O) groups excluding carboxylic acids is 2. The van der Waals surface area contributed by atoms with Crippen LogP contribution >= 0.6 is 0 Å². The lowest BCUT2D eigenvalue weighted by Gasteiger charge is -2.32. The second-order valence-corrected chi connectivity index (χ2v) is 13.0. The summed E-state index contributed by atoms with van der Waals surface area (Å²) in [5.41, 5.74) is 1.90. The van der Waals surface area contributed by atoms with Crippen molar-refractivity contribution in [2.24, 2.45) is 0 Å². The van der Waals surface area contributed by atoms with Gasteiger partial charge in [0, 0.05) is 12.6 Å². The SMILES string of the molecule is CCC(C)NC(=O)C(C)N(Cc1cccc(OC)c1)C(=O)CN(c1ccc(Oc2ccccc2)cc1)S(=O)(=O)c1ccc(C)cc1. The number of amides is 2. The molecule has 10 heteroatoms. The summed E-state index contributed by atoms with van der Waals surface area (Å²) >= 11 is 0. The van der Waals surface area contributed by atoms with E-state index in [1.165, 1.54) is 17.0 Å². The third kappa shape index (κ3) is 8.66. The molecule has 0 heterocycles. The Morgan fingerprint density at radius 3 is 2.09 bits per heavy atom. The molecule has 0 aliphatic rings. The van der Waals surface area contributed by atoms with Crippen molar-refractivity contribution in [2.75, 3.05) is 18.0 Å². The Bertz CT molecular complexity index is 1710. The number of anilines is 1. The van der Waals surface area contributed by atoms with E-state index < -0.39 is 28.5 Å². The zero-order valence-electron chi connectivity index (χ0n) is 26.8. The highest BCUT2D eigenvalue weighted by Crippen LogP contribution is 2.29. The maximum Gasteiger partial charge on any atom is 0.264 e. The summed E-state index contributed by atoms with van der Waals surface area (Å²) in [6, 6.07) is 28.4. The predicted molar refractivity (Wildman–Crippen MR) is 180 cm³/mol. The van der Waals surface area contributed by atoms with Crippen LogP contribution in [-0.2, 0) is 26.2 Å². The first-order valence-electron chi connectivity index (χ1n) is 15.2. The summed E-state index contributed by atoms with van der Waals surface area (Å²) in [6.45, 7) is 6.88. The molecule has 0 spiro atoms. The van der Waals surface area contributed by atoms with E-state index in [1.54, 1.807) is 68.6 Å². The van der Waals surface area contributed by atoms with E-state index in [0.29, 0.717) is 17.2 Å². The van der Waals surface area contributed by atoms with Crippen LogP contribution < -0.4 is 19.1 Å². The highest BCUT2D eigenvalue weighted by molar-refractivity contribution is 7.92. The number of methoxy groups -OCH3 is 1. The number of sulfonamides is 1. The quantitative estimate of drug-likeness (QED) is 0.172. The van der Waals surface area contributed by atoms with Crippen molar-refractivity contribution in [3.8, 4) is 17.2 Å². The number of carbonyl (C=O) groups is 2. The molecule has 0 saturated heterocycles. The maximum atomic E-state index is 14.2. The Morgan fingerprint density at radius 1 is 0.826 bits per heavy atom. The summed E-state index contributed by atoms with van der Waals surface area (Å²) < 4.78 is 40.6. The van der Waals surface area contributed by atoms with E-state index in [4.69, 9.17) is 9.47 Å². The van der Waals surface area contributed by atoms with Gasteiger partial charge in [-0.2, -0.15) is 0 Å². The van der Waals surface area contributed by atoms with Gasteiger partial charge in [0.05, 0.1) is 17.7 Å². The average molecular weight is 644 g/mol. The molecule has 4 rings (SSSR count). The third-order valence-corrected chi connectivity index (χ3v) is 9.43. The molecule has 4 aromatic carbocycles. The lowest BCUT2D eigenvalue weighted by atomic mass is 10.1. The molecule has 2 amide bonds. The molecule has 242 valence electrons. The van der Waals surface area contributed by atoms with Crippen LogP contribution in [0.3, 0.4) is 0 Å². The first kappa shape index (κ1) is 34.1. The smallest absolute Gasteiger partial charge is 0.264 e. The van der Waals surface area contributed by atoms with Crippen molar-refractivity contribution < 1.29 is 27.5 Å². The topological polar surface area (TPSA) is 105 Å². The fourth-order valence-electron chi connectivity index (χ4n) is 4.69. The molecule has 0 fully saturated rings. The van der Waals surface area contributed by atoms with Crippen molar-refractivity contribution >= 4 is 27.5 Å². The Morgan fingerprint density at radius 2 is 1.46 bits per heavy atom. The minimum atomic E-state index is -4.20. The molecule has 4 aromatic rings. The van der Waals surface area contributed by atoms with Crippen molar-refractivity contribution in [3.05, 3.63) is 114 Å². The lowest BCUT2D eigenvalue weighted by molar-refractivity contribution is -0.139. The molecule has 0 bridgehead atoms. The molecule has 2 unspecified atom stereocenters. The summed E-state index contributed by atoms with van der Waals surface area (Å²) in [4.78, 5) is 28.9. The Kier molecular flexibility index (Phi) is 11.4. The van der Waals surface area contributed by atoms with Crippen molar-refractivity contribution in [3.63, 3.8) is 0 Å². The van der Waals surface area contributed by atoms with Crippen LogP contribution in [-0.4, -0.2) is 50.9 Å². The first-order chi connectivity index (χ1) is 22.0. The van der Waals surface area contributed by atoms with Crippen LogP contribution in [0.15, 0.2) is 108 Å². The average Bonchev–Trinajstić information content (AvgIpc) is 3.06. The van der Waals surface area contributed by atoms with Gasteiger partial charge in [0.15, 0.2) is 0 Å². The number of benzene rings is 4. The van der Waals surface area contributed by atoms with Gasteiger partial charge in [0.1, 0.15) is 29.8 Å². The van der Waals surface area contributed by atoms with E-state index >= 15 is 0 Å². The van der Waals surface area contributed by atoms with Crippen LogP contribution in [0, 0.1) is 6.92 Å². The van der Waals surface area contributed by atoms with E-state index in [1.807, 2.05) is 57.2 Å². The Balaban J connectivity index is 1.71. The molecule has 1 N–H and O–H groups in total. The number of para-hydroxylation sites is 1. The van der Waals surface area contributed by atoms with E-state index in [2.05, 4.69) is 5.32 Å². The Labute approximate surface area is 271 Å². The van der Waals surface area contributed by atoms with Crippen LogP contribution in [0.2, 0.25) is 0 Å². The van der Waals surface area contributed by atoms with Gasteiger partial charge in [-0.05, 0) is 93.4 Å². The molecule has 9 nitrogen and oxygen atoms in total. The normalized spacial score (nSPS) is 12.5. The van der Waals surface area contributed by atoms with E-state index in [0.717, 1.165) is 21.9 Å². The third-order valence-electron chi connectivity index (χ3n) is 7.65. The predicted octanol–water partition coefficient (Wildman–Crippen LogP) is 6.32. The minimum absolute atomic E-state index is 0.0393. The zero-order valence-corrected chi connectivity index (χ0v) is 27.7. The van der Waals surface area contributed by atoms with Crippen molar-refractivity contribution in [1.29, 1.82) is 0 Å². The molecular formula is C36H41N3O6S. The molecule has 0 aliphatic carbocycles.